The molecule has 1 spiro atoms. The quantitative estimate of drug-likeness (QED) is 0.401. The average molecular weight is 397 g/mol. The Hall–Kier alpha value is -1.17. The maximum absolute atomic E-state index is 13.4. The van der Waals surface area contributed by atoms with E-state index in [1.165, 1.54) is 7.11 Å². The summed E-state index contributed by atoms with van der Waals surface area (Å²) in [5.74, 6) is -2.01. The van der Waals surface area contributed by atoms with E-state index >= 15 is 0 Å². The lowest BCUT2D eigenvalue weighted by Crippen LogP contribution is -2.49. The molecule has 0 aromatic rings. The minimum atomic E-state index is -1.32. The van der Waals surface area contributed by atoms with Crippen LogP contribution in [0.4, 0.5) is 0 Å². The molecule has 3 aliphatic rings. The van der Waals surface area contributed by atoms with Crippen LogP contribution in [0.1, 0.15) is 39.5 Å². The number of fused-ring (bicyclic) bond motifs is 1. The predicted molar refractivity (Wildman–Crippen MR) is 102 cm³/mol. The zero-order valence-electron chi connectivity index (χ0n) is 16.4. The minimum Gasteiger partial charge on any atom is -0.468 e. The molecular formula is C21H29ClO5. The second-order valence-electron chi connectivity index (χ2n) is 8.98. The summed E-state index contributed by atoms with van der Waals surface area (Å²) in [6.07, 6.45) is 3.39. The van der Waals surface area contributed by atoms with Gasteiger partial charge in [0.2, 0.25) is 0 Å². The van der Waals surface area contributed by atoms with Gasteiger partial charge in [-0.05, 0) is 18.3 Å². The van der Waals surface area contributed by atoms with E-state index in [-0.39, 0.29) is 40.4 Å². The molecular weight excluding hydrogens is 368 g/mol. The Balaban J connectivity index is 2.00. The normalized spacial score (nSPS) is 36.4. The van der Waals surface area contributed by atoms with Crippen LogP contribution < -0.4 is 0 Å². The van der Waals surface area contributed by atoms with E-state index in [0.29, 0.717) is 32.5 Å². The summed E-state index contributed by atoms with van der Waals surface area (Å²) in [7, 11) is 1.31. The van der Waals surface area contributed by atoms with E-state index in [4.69, 9.17) is 25.8 Å². The van der Waals surface area contributed by atoms with Crippen LogP contribution in [0, 0.1) is 28.6 Å². The van der Waals surface area contributed by atoms with Gasteiger partial charge in [-0.1, -0.05) is 38.1 Å². The van der Waals surface area contributed by atoms with Gasteiger partial charge >= 0.3 is 5.97 Å². The third kappa shape index (κ3) is 3.28. The molecule has 150 valence electrons. The standard InChI is InChI=1S/C21H29ClO5/c1-6-7-14-15-9-20(26-11-19(3,4)12-27-20)10-16(15)21(17(14)23,8-13(2)22)18(24)25-5/h6,14-16H,1-2,7-12H2,3-5H3/t14-,15-,16-,21-/m0/s1. The third-order valence-corrected chi connectivity index (χ3v) is 6.55. The van der Waals surface area contributed by atoms with Crippen molar-refractivity contribution in [3.05, 3.63) is 24.3 Å². The molecule has 0 bridgehead atoms. The number of allylic oxidation sites excluding steroid dienone is 2. The number of methoxy groups -OCH3 is 1. The molecule has 0 amide bonds. The number of carbonyl (C=O) groups is 2. The number of hydrogen-bond acceptors (Lipinski definition) is 5. The first-order chi connectivity index (χ1) is 12.6. The Morgan fingerprint density at radius 3 is 2.48 bits per heavy atom. The van der Waals surface area contributed by atoms with Gasteiger partial charge in [0.05, 0.1) is 20.3 Å². The fraction of sp³-hybridized carbons (Fsp3) is 0.714. The van der Waals surface area contributed by atoms with Crippen molar-refractivity contribution in [2.24, 2.45) is 28.6 Å². The van der Waals surface area contributed by atoms with Gasteiger partial charge in [-0.25, -0.2) is 0 Å². The monoisotopic (exact) mass is 396 g/mol. The highest BCUT2D eigenvalue weighted by Crippen LogP contribution is 2.63. The lowest BCUT2D eigenvalue weighted by Gasteiger charge is -2.43. The molecule has 2 saturated carbocycles. The summed E-state index contributed by atoms with van der Waals surface area (Å²) >= 11 is 6.11. The van der Waals surface area contributed by atoms with Gasteiger partial charge in [-0.3, -0.25) is 9.59 Å². The second kappa shape index (κ2) is 7.02. The molecule has 5 nitrogen and oxygen atoms in total. The summed E-state index contributed by atoms with van der Waals surface area (Å²) in [6.45, 7) is 12.9. The van der Waals surface area contributed by atoms with Crippen LogP contribution in [0.15, 0.2) is 24.3 Å². The molecule has 1 aliphatic heterocycles. The second-order valence-corrected chi connectivity index (χ2v) is 9.52. The van der Waals surface area contributed by atoms with E-state index in [2.05, 4.69) is 27.0 Å². The van der Waals surface area contributed by atoms with Crippen molar-refractivity contribution >= 4 is 23.4 Å². The summed E-state index contributed by atoms with van der Waals surface area (Å²) < 4.78 is 17.5. The smallest absolute Gasteiger partial charge is 0.320 e. The predicted octanol–water partition coefficient (Wildman–Crippen LogP) is 3.86. The van der Waals surface area contributed by atoms with Gasteiger partial charge in [-0.15, -0.1) is 6.58 Å². The Kier molecular flexibility index (Phi) is 5.34. The number of Topliss-reactive ketones (excluding diaryl/α,β-unsaturated/α-hetero) is 1. The summed E-state index contributed by atoms with van der Waals surface area (Å²) in [5.41, 5.74) is -1.38. The number of hydrogen-bond donors (Lipinski definition) is 0. The maximum Gasteiger partial charge on any atom is 0.320 e. The third-order valence-electron chi connectivity index (χ3n) is 6.41. The fourth-order valence-electron chi connectivity index (χ4n) is 5.20. The van der Waals surface area contributed by atoms with Gasteiger partial charge in [-0.2, -0.15) is 0 Å². The number of ketones is 1. The van der Waals surface area contributed by atoms with Crippen LogP contribution in [0.25, 0.3) is 0 Å². The highest BCUT2D eigenvalue weighted by Gasteiger charge is 2.70. The van der Waals surface area contributed by atoms with Crippen molar-refractivity contribution < 1.29 is 23.8 Å². The summed E-state index contributed by atoms with van der Waals surface area (Å²) in [6, 6.07) is 0. The Morgan fingerprint density at radius 1 is 1.33 bits per heavy atom. The van der Waals surface area contributed by atoms with Crippen LogP contribution in [-0.2, 0) is 23.8 Å². The lowest BCUT2D eigenvalue weighted by molar-refractivity contribution is -0.298. The first kappa shape index (κ1) is 20.6. The molecule has 0 radical (unpaired) electrons. The molecule has 2 aliphatic carbocycles. The van der Waals surface area contributed by atoms with Crippen molar-refractivity contribution in [2.75, 3.05) is 20.3 Å². The van der Waals surface area contributed by atoms with Crippen LogP contribution in [-0.4, -0.2) is 37.9 Å². The molecule has 3 fully saturated rings. The average Bonchev–Trinajstić information content (AvgIpc) is 3.07. The summed E-state index contributed by atoms with van der Waals surface area (Å²) in [5, 5.41) is 0.277. The Labute approximate surface area is 166 Å². The van der Waals surface area contributed by atoms with Crippen LogP contribution in [0.3, 0.4) is 0 Å². The van der Waals surface area contributed by atoms with Gasteiger partial charge in [0.25, 0.3) is 0 Å². The number of ether oxygens (including phenoxy) is 3. The molecule has 6 heteroatoms. The van der Waals surface area contributed by atoms with E-state index < -0.39 is 17.2 Å². The lowest BCUT2D eigenvalue weighted by atomic mass is 9.72. The van der Waals surface area contributed by atoms with Crippen LogP contribution in [0.2, 0.25) is 0 Å². The minimum absolute atomic E-state index is 0.0353. The molecule has 0 N–H and O–H groups in total. The van der Waals surface area contributed by atoms with E-state index in [9.17, 15) is 9.59 Å². The molecule has 0 aromatic carbocycles. The molecule has 27 heavy (non-hydrogen) atoms. The van der Waals surface area contributed by atoms with Crippen molar-refractivity contribution in [1.82, 2.24) is 0 Å². The van der Waals surface area contributed by atoms with Crippen molar-refractivity contribution in [3.8, 4) is 0 Å². The maximum atomic E-state index is 13.4. The topological polar surface area (TPSA) is 61.8 Å². The van der Waals surface area contributed by atoms with Crippen molar-refractivity contribution in [1.29, 1.82) is 0 Å². The van der Waals surface area contributed by atoms with Crippen molar-refractivity contribution in [3.63, 3.8) is 0 Å². The van der Waals surface area contributed by atoms with Gasteiger partial charge < -0.3 is 14.2 Å². The van der Waals surface area contributed by atoms with Gasteiger partial charge in [0.1, 0.15) is 5.41 Å². The highest BCUT2D eigenvalue weighted by molar-refractivity contribution is 6.29. The first-order valence-electron chi connectivity index (χ1n) is 9.46. The van der Waals surface area contributed by atoms with Gasteiger partial charge in [0, 0.05) is 35.6 Å². The highest BCUT2D eigenvalue weighted by atomic mass is 35.5. The molecule has 0 aromatic heterocycles. The first-order valence-corrected chi connectivity index (χ1v) is 9.83. The fourth-order valence-corrected chi connectivity index (χ4v) is 5.41. The number of rotatable bonds is 5. The van der Waals surface area contributed by atoms with E-state index in [1.807, 2.05) is 0 Å². The van der Waals surface area contributed by atoms with Crippen molar-refractivity contribution in [2.45, 2.75) is 45.3 Å². The molecule has 1 heterocycles. The van der Waals surface area contributed by atoms with E-state index in [0.717, 1.165) is 0 Å². The molecule has 4 atom stereocenters. The molecule has 3 rings (SSSR count). The Morgan fingerprint density at radius 2 is 1.96 bits per heavy atom. The zero-order valence-corrected chi connectivity index (χ0v) is 17.1. The molecule has 1 saturated heterocycles. The van der Waals surface area contributed by atoms with E-state index in [1.54, 1.807) is 6.08 Å². The van der Waals surface area contributed by atoms with Crippen LogP contribution >= 0.6 is 11.6 Å². The number of carbonyl (C=O) groups excluding carboxylic acids is 2. The largest absolute Gasteiger partial charge is 0.468 e. The van der Waals surface area contributed by atoms with Gasteiger partial charge in [0.15, 0.2) is 11.6 Å². The number of esters is 1. The SMILES string of the molecule is C=CC[C@@H]1C(=O)[C@@](CC(=C)Cl)(C(=O)OC)[C@H]2CC3(C[C@@H]12)OCC(C)(C)CO3. The molecule has 0 unspecified atom stereocenters. The zero-order chi connectivity index (χ0) is 20.0. The number of halogens is 1. The summed E-state index contributed by atoms with van der Waals surface area (Å²) in [4.78, 5) is 26.3. The Bertz CT molecular complexity index is 659. The van der Waals surface area contributed by atoms with Crippen LogP contribution in [0.5, 0.6) is 0 Å².